The minimum absolute atomic E-state index is 0.0241. The fourth-order valence-electron chi connectivity index (χ4n) is 1.88. The molecule has 0 fully saturated rings. The topological polar surface area (TPSA) is 102 Å². The van der Waals surface area contributed by atoms with Crippen LogP contribution in [0.1, 0.15) is 12.0 Å². The van der Waals surface area contributed by atoms with Crippen molar-refractivity contribution in [2.24, 2.45) is 0 Å². The Morgan fingerprint density at radius 2 is 1.92 bits per heavy atom. The van der Waals surface area contributed by atoms with Gasteiger partial charge in [-0.3, -0.25) is 9.59 Å². The van der Waals surface area contributed by atoms with Crippen molar-refractivity contribution in [2.75, 3.05) is 13.2 Å². The van der Waals surface area contributed by atoms with Crippen LogP contribution >= 0.6 is 11.3 Å². The number of nitrogens with one attached hydrogen (secondary N) is 2. The van der Waals surface area contributed by atoms with Crippen LogP contribution in [0.4, 0.5) is 4.39 Å². The molecular weight excluding hydrogens is 383 g/mol. The van der Waals surface area contributed by atoms with Crippen molar-refractivity contribution in [3.8, 4) is 0 Å². The summed E-state index contributed by atoms with van der Waals surface area (Å²) in [4.78, 5) is 23.2. The molecule has 140 valence electrons. The molecule has 0 saturated heterocycles. The van der Waals surface area contributed by atoms with Gasteiger partial charge in [-0.1, -0.05) is 24.3 Å². The van der Waals surface area contributed by atoms with E-state index in [0.717, 1.165) is 11.3 Å². The molecule has 2 rings (SSSR count). The summed E-state index contributed by atoms with van der Waals surface area (Å²) in [7, 11) is -3.64. The molecule has 0 aliphatic carbocycles. The van der Waals surface area contributed by atoms with E-state index < -0.39 is 34.3 Å². The van der Waals surface area contributed by atoms with E-state index in [4.69, 9.17) is 4.74 Å². The summed E-state index contributed by atoms with van der Waals surface area (Å²) < 4.78 is 44.3. The van der Waals surface area contributed by atoms with Crippen LogP contribution in [0.3, 0.4) is 0 Å². The number of amides is 1. The van der Waals surface area contributed by atoms with E-state index >= 15 is 0 Å². The predicted octanol–water partition coefficient (Wildman–Crippen LogP) is 1.42. The molecule has 0 spiro atoms. The fraction of sp³-hybridized carbons (Fsp3) is 0.250. The van der Waals surface area contributed by atoms with Crippen LogP contribution in [0, 0.1) is 5.82 Å². The van der Waals surface area contributed by atoms with Gasteiger partial charge in [0.2, 0.25) is 10.0 Å². The summed E-state index contributed by atoms with van der Waals surface area (Å²) in [6.07, 6.45) is -0.217. The Morgan fingerprint density at radius 1 is 1.15 bits per heavy atom. The van der Waals surface area contributed by atoms with Crippen LogP contribution in [0.15, 0.2) is 46.0 Å². The molecular formula is C16H17FN2O5S2. The number of esters is 1. The molecule has 0 atom stereocenters. The van der Waals surface area contributed by atoms with Gasteiger partial charge in [0.15, 0.2) is 6.61 Å². The van der Waals surface area contributed by atoms with Gasteiger partial charge >= 0.3 is 5.97 Å². The molecule has 1 aromatic carbocycles. The van der Waals surface area contributed by atoms with Gasteiger partial charge in [-0.15, -0.1) is 11.3 Å². The fourth-order valence-corrected chi connectivity index (χ4v) is 3.95. The number of rotatable bonds is 9. The molecule has 1 aromatic heterocycles. The first-order valence-corrected chi connectivity index (χ1v) is 9.93. The molecule has 0 unspecified atom stereocenters. The number of carbonyl (C=O) groups is 2. The summed E-state index contributed by atoms with van der Waals surface area (Å²) in [6, 6.07) is 9.04. The van der Waals surface area contributed by atoms with E-state index in [1.807, 2.05) is 0 Å². The normalized spacial score (nSPS) is 11.1. The van der Waals surface area contributed by atoms with E-state index in [-0.39, 0.29) is 23.7 Å². The molecule has 26 heavy (non-hydrogen) atoms. The maximum absolute atomic E-state index is 13.4. The zero-order valence-electron chi connectivity index (χ0n) is 13.6. The molecule has 7 nitrogen and oxygen atoms in total. The number of halogens is 1. The van der Waals surface area contributed by atoms with Crippen LogP contribution in [-0.4, -0.2) is 33.4 Å². The van der Waals surface area contributed by atoms with Crippen LogP contribution in [0.25, 0.3) is 0 Å². The number of thiophene rings is 1. The quantitative estimate of drug-likeness (QED) is 0.620. The number of hydrogen-bond acceptors (Lipinski definition) is 6. The first-order valence-electron chi connectivity index (χ1n) is 7.57. The Balaban J connectivity index is 1.65. The lowest BCUT2D eigenvalue weighted by atomic mass is 10.2. The Kier molecular flexibility index (Phi) is 7.25. The molecule has 2 aromatic rings. The van der Waals surface area contributed by atoms with Gasteiger partial charge in [0.1, 0.15) is 10.0 Å². The lowest BCUT2D eigenvalue weighted by molar-refractivity contribution is -0.148. The monoisotopic (exact) mass is 400 g/mol. The summed E-state index contributed by atoms with van der Waals surface area (Å²) in [5.74, 6) is -1.75. The van der Waals surface area contributed by atoms with Crippen LogP contribution < -0.4 is 10.0 Å². The highest BCUT2D eigenvalue weighted by atomic mass is 32.2. The van der Waals surface area contributed by atoms with Crippen molar-refractivity contribution in [1.29, 1.82) is 0 Å². The highest BCUT2D eigenvalue weighted by Crippen LogP contribution is 2.15. The number of carbonyl (C=O) groups excluding carboxylic acids is 2. The van der Waals surface area contributed by atoms with Crippen LogP contribution in [-0.2, 0) is 30.9 Å². The van der Waals surface area contributed by atoms with Crippen molar-refractivity contribution in [2.45, 2.75) is 17.2 Å². The Labute approximate surface area is 154 Å². The lowest BCUT2D eigenvalue weighted by Crippen LogP contribution is -2.30. The molecule has 0 radical (unpaired) electrons. The van der Waals surface area contributed by atoms with E-state index in [1.54, 1.807) is 17.5 Å². The van der Waals surface area contributed by atoms with Crippen LogP contribution in [0.2, 0.25) is 0 Å². The lowest BCUT2D eigenvalue weighted by Gasteiger charge is -2.08. The van der Waals surface area contributed by atoms with Crippen molar-refractivity contribution >= 4 is 33.2 Å². The van der Waals surface area contributed by atoms with Gasteiger partial charge in [0, 0.05) is 18.7 Å². The first kappa shape index (κ1) is 20.0. The smallest absolute Gasteiger partial charge is 0.307 e. The zero-order chi connectivity index (χ0) is 19.0. The van der Waals surface area contributed by atoms with Crippen molar-refractivity contribution in [3.05, 3.63) is 53.2 Å². The molecule has 10 heteroatoms. The van der Waals surface area contributed by atoms with Gasteiger partial charge in [-0.05, 0) is 17.5 Å². The van der Waals surface area contributed by atoms with E-state index in [0.29, 0.717) is 5.56 Å². The highest BCUT2D eigenvalue weighted by molar-refractivity contribution is 7.91. The van der Waals surface area contributed by atoms with Gasteiger partial charge in [-0.25, -0.2) is 17.5 Å². The minimum atomic E-state index is -3.64. The summed E-state index contributed by atoms with van der Waals surface area (Å²) >= 11 is 1.06. The maximum atomic E-state index is 13.4. The number of hydrogen-bond donors (Lipinski definition) is 2. The Bertz CT molecular complexity index is 853. The van der Waals surface area contributed by atoms with E-state index in [2.05, 4.69) is 10.0 Å². The average Bonchev–Trinajstić information content (AvgIpc) is 3.15. The average molecular weight is 400 g/mol. The van der Waals surface area contributed by atoms with Crippen molar-refractivity contribution in [3.63, 3.8) is 0 Å². The standard InChI is InChI=1S/C16H17FN2O5S2/c17-13-5-2-1-4-12(13)10-18-14(20)11-24-15(21)7-8-19-26(22,23)16-6-3-9-25-16/h1-6,9,19H,7-8,10-11H2,(H,18,20). The van der Waals surface area contributed by atoms with Gasteiger partial charge < -0.3 is 10.1 Å². The van der Waals surface area contributed by atoms with Crippen LogP contribution in [0.5, 0.6) is 0 Å². The second-order valence-corrected chi connectivity index (χ2v) is 8.05. The van der Waals surface area contributed by atoms with Gasteiger partial charge in [0.25, 0.3) is 5.91 Å². The number of sulfonamides is 1. The SMILES string of the molecule is O=C(COC(=O)CCNS(=O)(=O)c1cccs1)NCc1ccccc1F. The van der Waals surface area contributed by atoms with Gasteiger partial charge in [0.05, 0.1) is 6.42 Å². The molecule has 1 heterocycles. The van der Waals surface area contributed by atoms with E-state index in [1.165, 1.54) is 24.3 Å². The zero-order valence-corrected chi connectivity index (χ0v) is 15.2. The third-order valence-electron chi connectivity index (χ3n) is 3.18. The Morgan fingerprint density at radius 3 is 2.62 bits per heavy atom. The highest BCUT2D eigenvalue weighted by Gasteiger charge is 2.15. The number of ether oxygens (including phenoxy) is 1. The minimum Gasteiger partial charge on any atom is -0.456 e. The van der Waals surface area contributed by atoms with Crippen molar-refractivity contribution in [1.82, 2.24) is 10.0 Å². The largest absolute Gasteiger partial charge is 0.456 e. The summed E-state index contributed by atoms with van der Waals surface area (Å²) in [5.41, 5.74) is 0.315. The molecule has 0 bridgehead atoms. The molecule has 1 amide bonds. The third kappa shape index (κ3) is 6.21. The molecule has 0 aliphatic heterocycles. The third-order valence-corrected chi connectivity index (χ3v) is 6.04. The summed E-state index contributed by atoms with van der Waals surface area (Å²) in [6.45, 7) is -0.690. The summed E-state index contributed by atoms with van der Waals surface area (Å²) in [5, 5.41) is 4.06. The maximum Gasteiger partial charge on any atom is 0.307 e. The molecule has 0 saturated carbocycles. The second kappa shape index (κ2) is 9.41. The van der Waals surface area contributed by atoms with E-state index in [9.17, 15) is 22.4 Å². The van der Waals surface area contributed by atoms with Gasteiger partial charge in [-0.2, -0.15) is 0 Å². The predicted molar refractivity (Wildman–Crippen MR) is 93.3 cm³/mol. The Hall–Kier alpha value is -2.30. The number of benzene rings is 1. The first-order chi connectivity index (χ1) is 12.4. The molecule has 0 aliphatic rings. The molecule has 2 N–H and O–H groups in total. The van der Waals surface area contributed by atoms with Crippen molar-refractivity contribution < 1.29 is 27.1 Å². The second-order valence-electron chi connectivity index (χ2n) is 5.11.